The summed E-state index contributed by atoms with van der Waals surface area (Å²) >= 11 is 12.6. The molecule has 2 saturated heterocycles. The van der Waals surface area contributed by atoms with E-state index in [-0.39, 0.29) is 17.5 Å². The summed E-state index contributed by atoms with van der Waals surface area (Å²) in [4.78, 5) is 27.0. The minimum absolute atomic E-state index is 0.190. The van der Waals surface area contributed by atoms with Crippen molar-refractivity contribution in [1.29, 1.82) is 0 Å². The number of aliphatic hydroxyl groups is 1. The molecule has 0 unspecified atom stereocenters. The fourth-order valence-electron chi connectivity index (χ4n) is 5.95. The number of benzene rings is 1. The summed E-state index contributed by atoms with van der Waals surface area (Å²) in [5.74, 6) is -1.04. The maximum atomic E-state index is 14.3. The van der Waals surface area contributed by atoms with Crippen molar-refractivity contribution in [2.45, 2.75) is 50.9 Å². The topological polar surface area (TPSA) is 169 Å². The Labute approximate surface area is 271 Å². The summed E-state index contributed by atoms with van der Waals surface area (Å²) in [6.07, 6.45) is 4.47. The second kappa shape index (κ2) is 14.1. The van der Waals surface area contributed by atoms with Crippen LogP contribution in [-0.2, 0) is 21.5 Å². The first kappa shape index (κ1) is 33.3. The molecule has 2 aromatic rings. The lowest BCUT2D eigenvalue weighted by Gasteiger charge is -2.47. The van der Waals surface area contributed by atoms with E-state index in [1.54, 1.807) is 18.2 Å². The van der Waals surface area contributed by atoms with Gasteiger partial charge in [-0.05, 0) is 50.6 Å². The van der Waals surface area contributed by atoms with Gasteiger partial charge in [-0.1, -0.05) is 36.2 Å². The van der Waals surface area contributed by atoms with Gasteiger partial charge in [0.1, 0.15) is 11.6 Å². The minimum atomic E-state index is -4.10. The van der Waals surface area contributed by atoms with Crippen LogP contribution < -0.4 is 20.7 Å². The maximum absolute atomic E-state index is 14.3. The van der Waals surface area contributed by atoms with Crippen molar-refractivity contribution in [1.82, 2.24) is 19.5 Å². The average molecular weight is 685 g/mol. The zero-order chi connectivity index (χ0) is 32.3. The smallest absolute Gasteiger partial charge is 0.345 e. The van der Waals surface area contributed by atoms with Crippen molar-refractivity contribution < 1.29 is 22.7 Å². The number of pyridine rings is 1. The number of likely N-dealkylation sites (tertiary alicyclic amines) is 1. The van der Waals surface area contributed by atoms with Gasteiger partial charge in [0.15, 0.2) is 17.7 Å². The van der Waals surface area contributed by atoms with Gasteiger partial charge in [0.2, 0.25) is 5.91 Å². The minimum Gasteiger partial charge on any atom is -0.394 e. The van der Waals surface area contributed by atoms with Crippen LogP contribution in [0, 0.1) is 5.82 Å². The van der Waals surface area contributed by atoms with Gasteiger partial charge in [-0.2, -0.15) is 8.42 Å². The zero-order valence-electron chi connectivity index (χ0n) is 24.7. The lowest BCUT2D eigenvalue weighted by Crippen LogP contribution is -2.58. The third-order valence-electron chi connectivity index (χ3n) is 8.27. The molecule has 0 bridgehead atoms. The third-order valence-corrected chi connectivity index (χ3v) is 9.65. The number of carbonyl (C=O) groups is 1. The Morgan fingerprint density at radius 2 is 2.00 bits per heavy atom. The first-order valence-electron chi connectivity index (χ1n) is 14.7. The van der Waals surface area contributed by atoms with E-state index < -0.39 is 28.8 Å². The predicted molar refractivity (Wildman–Crippen MR) is 173 cm³/mol. The summed E-state index contributed by atoms with van der Waals surface area (Å²) in [6, 6.07) is 5.84. The molecule has 5 rings (SSSR count). The number of nitrogens with two attached hydrogens (primary N) is 1. The largest absolute Gasteiger partial charge is 0.394 e. The van der Waals surface area contributed by atoms with Gasteiger partial charge >= 0.3 is 10.2 Å². The van der Waals surface area contributed by atoms with E-state index >= 15 is 0 Å². The Kier molecular flexibility index (Phi) is 10.5. The van der Waals surface area contributed by atoms with Crippen LogP contribution in [0.4, 0.5) is 15.9 Å². The van der Waals surface area contributed by atoms with E-state index in [1.165, 1.54) is 12.3 Å². The summed E-state index contributed by atoms with van der Waals surface area (Å²) < 4.78 is 44.1. The number of amides is 1. The molecular formula is C28H36Cl2FN9O4S. The predicted octanol–water partition coefficient (Wildman–Crippen LogP) is 2.00. The lowest BCUT2D eigenvalue weighted by molar-refractivity contribution is -0.119. The van der Waals surface area contributed by atoms with E-state index in [4.69, 9.17) is 28.9 Å². The van der Waals surface area contributed by atoms with Crippen LogP contribution in [0.5, 0.6) is 0 Å². The number of rotatable bonds is 9. The number of nitrogens with zero attached hydrogens (tertiary/aromatic N) is 6. The molecule has 45 heavy (non-hydrogen) atoms. The highest BCUT2D eigenvalue weighted by Crippen LogP contribution is 2.31. The van der Waals surface area contributed by atoms with Crippen LogP contribution in [0.15, 0.2) is 39.9 Å². The van der Waals surface area contributed by atoms with Gasteiger partial charge in [0.05, 0.1) is 23.5 Å². The van der Waals surface area contributed by atoms with Gasteiger partial charge in [-0.3, -0.25) is 14.6 Å². The number of hydrogen-bond donors (Lipinski definition) is 4. The fourth-order valence-corrected chi connectivity index (χ4v) is 7.21. The van der Waals surface area contributed by atoms with Crippen molar-refractivity contribution in [3.05, 3.63) is 51.9 Å². The summed E-state index contributed by atoms with van der Waals surface area (Å²) in [5.41, 5.74) is 6.23. The molecule has 1 aromatic heterocycles. The van der Waals surface area contributed by atoms with Gasteiger partial charge in [-0.15, -0.1) is 4.40 Å². The number of hydrogen-bond acceptors (Lipinski definition) is 10. The van der Waals surface area contributed by atoms with Crippen LogP contribution in [0.2, 0.25) is 10.0 Å². The number of aromatic nitrogens is 1. The second-order valence-corrected chi connectivity index (χ2v) is 13.4. The molecule has 1 amide bonds. The van der Waals surface area contributed by atoms with E-state index in [0.717, 1.165) is 52.0 Å². The molecule has 2 fully saturated rings. The fraction of sp³-hybridized carbons (Fsp3) is 0.500. The second-order valence-electron chi connectivity index (χ2n) is 11.2. The normalized spacial score (nSPS) is 22.7. The SMILES string of the molecule is CC[C@H]1CN(c2ncc(NC3=NS(=O)(=O)NC3=N[C@@H](CO)C(N)=O)cc2Cl)CCN1C1CCN(Cc2ccc(Cl)cc2F)CC1. The number of anilines is 2. The Morgan fingerprint density at radius 1 is 1.24 bits per heavy atom. The number of halogens is 3. The van der Waals surface area contributed by atoms with Crippen LogP contribution >= 0.6 is 23.2 Å². The van der Waals surface area contributed by atoms with Gasteiger partial charge in [-0.25, -0.2) is 19.1 Å². The highest BCUT2D eigenvalue weighted by Gasteiger charge is 2.34. The molecule has 1 aromatic carbocycles. The number of primary amides is 1. The molecule has 4 heterocycles. The van der Waals surface area contributed by atoms with Crippen molar-refractivity contribution in [2.24, 2.45) is 15.1 Å². The molecule has 0 spiro atoms. The first-order chi connectivity index (χ1) is 21.5. The van der Waals surface area contributed by atoms with E-state index in [1.807, 2.05) is 0 Å². The number of nitrogens with one attached hydrogen (secondary N) is 2. The van der Waals surface area contributed by atoms with Crippen molar-refractivity contribution >= 4 is 62.5 Å². The molecule has 244 valence electrons. The summed E-state index contributed by atoms with van der Waals surface area (Å²) in [7, 11) is -4.10. The van der Waals surface area contributed by atoms with Gasteiger partial charge < -0.3 is 21.1 Å². The standard InChI is InChI=1S/C28H36Cl2FN9O4S/c1-2-20-15-39(9-10-40(20)21-5-7-38(8-6-21)14-17-3-4-18(29)11-23(17)31)28-22(30)12-19(13-33-28)34-26-27(37-45(43,44)36-26)35-24(16-41)25(32)42/h3-4,11-13,20-21,24,41H,2,5-10,14-16H2,1H3,(H2,32,42)(H,34,36)(H,35,37)/t20-,24-/m0/s1. The number of piperidine rings is 1. The molecule has 2 atom stereocenters. The molecule has 13 nitrogen and oxygen atoms in total. The van der Waals surface area contributed by atoms with Crippen molar-refractivity contribution in [3.8, 4) is 0 Å². The quantitative estimate of drug-likeness (QED) is 0.309. The molecule has 0 saturated carbocycles. The van der Waals surface area contributed by atoms with Crippen molar-refractivity contribution in [3.63, 3.8) is 0 Å². The van der Waals surface area contributed by atoms with E-state index in [2.05, 4.69) is 46.0 Å². The number of aliphatic imine (C=N–C) groups is 1. The number of aliphatic hydroxyl groups excluding tert-OH is 1. The highest BCUT2D eigenvalue weighted by atomic mass is 35.5. The molecule has 17 heteroatoms. The Hall–Kier alpha value is -3.08. The average Bonchev–Trinajstić information content (AvgIpc) is 3.29. The molecule has 0 radical (unpaired) electrons. The summed E-state index contributed by atoms with van der Waals surface area (Å²) in [5, 5.41) is 12.9. The molecule has 0 aliphatic carbocycles. The molecular weight excluding hydrogens is 648 g/mol. The number of carbonyl (C=O) groups excluding carboxylic acids is 1. The maximum Gasteiger partial charge on any atom is 0.345 e. The van der Waals surface area contributed by atoms with Crippen LogP contribution in [-0.4, -0.2) is 103 Å². The first-order valence-corrected chi connectivity index (χ1v) is 16.9. The third kappa shape index (κ3) is 8.02. The molecule has 5 N–H and O–H groups in total. The monoisotopic (exact) mass is 683 g/mol. The van der Waals surface area contributed by atoms with E-state index in [9.17, 15) is 22.7 Å². The molecule has 3 aliphatic heterocycles. The summed E-state index contributed by atoms with van der Waals surface area (Å²) in [6.45, 7) is 6.14. The van der Waals surface area contributed by atoms with Crippen LogP contribution in [0.1, 0.15) is 31.7 Å². The highest BCUT2D eigenvalue weighted by molar-refractivity contribution is 7.89. The van der Waals surface area contributed by atoms with Crippen LogP contribution in [0.3, 0.4) is 0 Å². The van der Waals surface area contributed by atoms with E-state index in [0.29, 0.717) is 45.7 Å². The number of piperazine rings is 1. The zero-order valence-corrected chi connectivity index (χ0v) is 27.0. The Balaban J connectivity index is 1.20. The molecule has 3 aliphatic rings. The van der Waals surface area contributed by atoms with Gasteiger partial charge in [0.25, 0.3) is 0 Å². The number of amidine groups is 2. The van der Waals surface area contributed by atoms with Crippen molar-refractivity contribution in [2.75, 3.05) is 49.5 Å². The van der Waals surface area contributed by atoms with Crippen LogP contribution in [0.25, 0.3) is 0 Å². The lowest BCUT2D eigenvalue weighted by atomic mass is 9.97. The Morgan fingerprint density at radius 3 is 2.64 bits per heavy atom. The van der Waals surface area contributed by atoms with Gasteiger partial charge in [0, 0.05) is 48.8 Å². The Bertz CT molecular complexity index is 1590.